The highest BCUT2D eigenvalue weighted by atomic mass is 14.3. The molecule has 4 rings (SSSR count). The maximum atomic E-state index is 2.56. The third kappa shape index (κ3) is 9.93. The van der Waals surface area contributed by atoms with Gasteiger partial charge < -0.3 is 0 Å². The van der Waals surface area contributed by atoms with Crippen molar-refractivity contribution in [2.45, 2.75) is 143 Å². The van der Waals surface area contributed by atoms with Crippen molar-refractivity contribution >= 4 is 0 Å². The van der Waals surface area contributed by atoms with Crippen molar-refractivity contribution in [3.63, 3.8) is 0 Å². The summed E-state index contributed by atoms with van der Waals surface area (Å²) in [5.74, 6) is 8.02. The monoisotopic (exact) mass is 451 g/mol. The molecule has 0 aromatic carbocycles. The molecule has 0 aromatic rings. The van der Waals surface area contributed by atoms with E-state index in [0.29, 0.717) is 0 Å². The van der Waals surface area contributed by atoms with E-state index in [-0.39, 0.29) is 5.71 Å². The van der Waals surface area contributed by atoms with Gasteiger partial charge in [-0.3, -0.25) is 0 Å². The molecule has 0 nitrogen and oxygen atoms in total. The third-order valence-electron chi connectivity index (χ3n) is 10.0. The van der Waals surface area contributed by atoms with Crippen LogP contribution in [0.15, 0.2) is 12.2 Å². The van der Waals surface area contributed by atoms with Gasteiger partial charge in [-0.25, -0.2) is 0 Å². The van der Waals surface area contributed by atoms with E-state index >= 15 is 0 Å². The zero-order valence-corrected chi connectivity index (χ0v) is 22.5. The molecule has 4 aliphatic carbocycles. The van der Waals surface area contributed by atoms with Crippen LogP contribution in [0.2, 0.25) is 0 Å². The minimum atomic E-state index is 0. The number of allylic oxidation sites excluding steroid dienone is 2. The Morgan fingerprint density at radius 2 is 0.656 bits per heavy atom. The Balaban J connectivity index is 0. The van der Waals surface area contributed by atoms with Gasteiger partial charge >= 0.3 is 0 Å². The van der Waals surface area contributed by atoms with Crippen LogP contribution < -0.4 is 0 Å². The summed E-state index contributed by atoms with van der Waals surface area (Å²) >= 11 is 0. The van der Waals surface area contributed by atoms with Crippen molar-refractivity contribution in [1.82, 2.24) is 0 Å². The normalized spacial score (nSPS) is 41.1. The van der Waals surface area contributed by atoms with Crippen LogP contribution in [0.25, 0.3) is 0 Å². The standard InChI is InChI=1S/C16H30.C16H28.4H2/c2*1-13-3-7-15(8-4-13)11-12-16-9-5-14(2)6-10-16;;;;/h13-16H,3-12H2,1-2H3;11-16H,3-10H2,1-2H3;4*1H/b;12-11+;;;;. The molecular formula is C32H66. The Bertz CT molecular complexity index is 458. The molecule has 0 aliphatic heterocycles. The zero-order valence-electron chi connectivity index (χ0n) is 22.5. The molecule has 0 heteroatoms. The molecule has 4 saturated carbocycles. The molecule has 0 atom stereocenters. The summed E-state index contributed by atoms with van der Waals surface area (Å²) in [7, 11) is 0. The van der Waals surface area contributed by atoms with Crippen LogP contribution in [-0.4, -0.2) is 0 Å². The first-order valence-corrected chi connectivity index (χ1v) is 15.2. The lowest BCUT2D eigenvalue weighted by Gasteiger charge is -2.30. The van der Waals surface area contributed by atoms with Crippen LogP contribution in [0.5, 0.6) is 0 Å². The van der Waals surface area contributed by atoms with Crippen molar-refractivity contribution in [1.29, 1.82) is 0 Å². The first-order chi connectivity index (χ1) is 15.5. The fourth-order valence-electron chi connectivity index (χ4n) is 6.98. The van der Waals surface area contributed by atoms with Crippen molar-refractivity contribution in [3.05, 3.63) is 12.2 Å². The Morgan fingerprint density at radius 3 is 0.938 bits per heavy atom. The SMILES string of the molecule is CC1CCC(/C=C/C2CCC(C)CC2)CC1.CC1CCC(CCC2CCC(C)CC2)CC1.[HH].[HH].[HH].[HH]. The van der Waals surface area contributed by atoms with Crippen LogP contribution in [0, 0.1) is 47.3 Å². The second-order valence-electron chi connectivity index (χ2n) is 13.3. The molecular weight excluding hydrogens is 384 g/mol. The van der Waals surface area contributed by atoms with Crippen LogP contribution in [0.4, 0.5) is 0 Å². The van der Waals surface area contributed by atoms with Crippen molar-refractivity contribution < 1.29 is 5.71 Å². The summed E-state index contributed by atoms with van der Waals surface area (Å²) in [5.41, 5.74) is 0. The lowest BCUT2D eigenvalue weighted by molar-refractivity contribution is 0.227. The van der Waals surface area contributed by atoms with Gasteiger partial charge in [-0.15, -0.1) is 0 Å². The van der Waals surface area contributed by atoms with E-state index in [4.69, 9.17) is 0 Å². The fraction of sp³-hybridized carbons (Fsp3) is 0.938. The van der Waals surface area contributed by atoms with Gasteiger partial charge in [-0.2, -0.15) is 0 Å². The van der Waals surface area contributed by atoms with Crippen LogP contribution in [0.1, 0.15) is 149 Å². The van der Waals surface area contributed by atoms with Gasteiger partial charge in [0.1, 0.15) is 0 Å². The molecule has 0 aromatic heterocycles. The minimum absolute atomic E-state index is 0. The van der Waals surface area contributed by atoms with Crippen molar-refractivity contribution in [2.75, 3.05) is 0 Å². The molecule has 32 heavy (non-hydrogen) atoms. The average Bonchev–Trinajstić information content (AvgIpc) is 2.81. The van der Waals surface area contributed by atoms with Crippen LogP contribution in [-0.2, 0) is 0 Å². The second-order valence-corrected chi connectivity index (χ2v) is 13.3. The summed E-state index contributed by atoms with van der Waals surface area (Å²) in [6.07, 6.45) is 32.0. The highest BCUT2D eigenvalue weighted by Crippen LogP contribution is 2.36. The van der Waals surface area contributed by atoms with Gasteiger partial charge in [-0.05, 0) is 73.0 Å². The average molecular weight is 451 g/mol. The number of hydrogen-bond acceptors (Lipinski definition) is 0. The van der Waals surface area contributed by atoms with E-state index in [9.17, 15) is 0 Å². The summed E-state index contributed by atoms with van der Waals surface area (Å²) in [6.45, 7) is 9.67. The lowest BCUT2D eigenvalue weighted by atomic mass is 9.76. The molecule has 4 fully saturated rings. The Labute approximate surface area is 208 Å². The van der Waals surface area contributed by atoms with E-state index in [1.165, 1.54) is 103 Å². The van der Waals surface area contributed by atoms with E-state index in [0.717, 1.165) is 47.3 Å². The Kier molecular flexibility index (Phi) is 11.7. The summed E-state index contributed by atoms with van der Waals surface area (Å²) in [6, 6.07) is 0. The first kappa shape index (κ1) is 26.3. The van der Waals surface area contributed by atoms with Crippen molar-refractivity contribution in [2.24, 2.45) is 47.3 Å². The van der Waals surface area contributed by atoms with Gasteiger partial charge in [0.15, 0.2) is 0 Å². The molecule has 0 amide bonds. The Morgan fingerprint density at radius 1 is 0.406 bits per heavy atom. The van der Waals surface area contributed by atoms with Gasteiger partial charge in [0.25, 0.3) is 0 Å². The van der Waals surface area contributed by atoms with Crippen LogP contribution >= 0.6 is 0 Å². The molecule has 0 N–H and O–H groups in total. The summed E-state index contributed by atoms with van der Waals surface area (Å²) in [5, 5.41) is 0. The molecule has 0 radical (unpaired) electrons. The zero-order chi connectivity index (χ0) is 22.8. The smallest absolute Gasteiger partial charge is 0 e. The molecule has 0 spiro atoms. The summed E-state index contributed by atoms with van der Waals surface area (Å²) < 4.78 is 0. The van der Waals surface area contributed by atoms with E-state index < -0.39 is 0 Å². The first-order valence-electron chi connectivity index (χ1n) is 15.2. The largest absolute Gasteiger partial charge is 0.0851 e. The van der Waals surface area contributed by atoms with Gasteiger partial charge in [0, 0.05) is 5.71 Å². The molecule has 0 unspecified atom stereocenters. The second kappa shape index (κ2) is 14.2. The summed E-state index contributed by atoms with van der Waals surface area (Å²) in [4.78, 5) is 0. The maximum absolute atomic E-state index is 2.56. The predicted octanol–water partition coefficient (Wildman–Crippen LogP) is 11.6. The number of hydrogen-bond donors (Lipinski definition) is 0. The van der Waals surface area contributed by atoms with Gasteiger partial charge in [-0.1, -0.05) is 130 Å². The van der Waals surface area contributed by atoms with Gasteiger partial charge in [0.05, 0.1) is 0 Å². The molecule has 194 valence electrons. The van der Waals surface area contributed by atoms with E-state index in [1.54, 1.807) is 12.8 Å². The Hall–Kier alpha value is -0.260. The maximum Gasteiger partial charge on any atom is 0 e. The topological polar surface area (TPSA) is 0 Å². The highest BCUT2D eigenvalue weighted by molar-refractivity contribution is 4.95. The van der Waals surface area contributed by atoms with Crippen LogP contribution in [0.3, 0.4) is 0 Å². The third-order valence-corrected chi connectivity index (χ3v) is 10.0. The fourth-order valence-corrected chi connectivity index (χ4v) is 6.98. The highest BCUT2D eigenvalue weighted by Gasteiger charge is 2.22. The molecule has 0 heterocycles. The number of rotatable bonds is 5. The van der Waals surface area contributed by atoms with Gasteiger partial charge in [0.2, 0.25) is 0 Å². The predicted molar refractivity (Wildman–Crippen MR) is 151 cm³/mol. The molecule has 0 saturated heterocycles. The lowest BCUT2D eigenvalue weighted by Crippen LogP contribution is -2.16. The quantitative estimate of drug-likeness (QED) is 0.365. The van der Waals surface area contributed by atoms with E-state index in [2.05, 4.69) is 39.8 Å². The van der Waals surface area contributed by atoms with E-state index in [1.807, 2.05) is 0 Å². The minimum Gasteiger partial charge on any atom is -0.0851 e. The molecule has 4 aliphatic rings. The van der Waals surface area contributed by atoms with Crippen molar-refractivity contribution in [3.8, 4) is 0 Å². The molecule has 0 bridgehead atoms.